The van der Waals surface area contributed by atoms with Crippen LogP contribution in [0.15, 0.2) is 37.5 Å². The van der Waals surface area contributed by atoms with Crippen LogP contribution >= 0.6 is 0 Å². The summed E-state index contributed by atoms with van der Waals surface area (Å²) in [5, 5.41) is -0.424. The lowest BCUT2D eigenvalue weighted by Gasteiger charge is -2.31. The quantitative estimate of drug-likeness (QED) is 0.743. The largest absolute Gasteiger partial charge is 0.228 e. The second-order valence-corrected chi connectivity index (χ2v) is 8.92. The van der Waals surface area contributed by atoms with E-state index < -0.39 is 9.84 Å². The molecule has 0 bridgehead atoms. The van der Waals surface area contributed by atoms with Gasteiger partial charge in [-0.3, -0.25) is 0 Å². The summed E-state index contributed by atoms with van der Waals surface area (Å²) in [4.78, 5) is 0. The van der Waals surface area contributed by atoms with Crippen LogP contribution in [0.1, 0.15) is 26.2 Å². The lowest BCUT2D eigenvalue weighted by molar-refractivity contribution is 0.253. The van der Waals surface area contributed by atoms with Crippen molar-refractivity contribution in [2.24, 2.45) is 23.2 Å². The van der Waals surface area contributed by atoms with E-state index in [0.717, 1.165) is 6.42 Å². The molecule has 0 spiro atoms. The van der Waals surface area contributed by atoms with Crippen LogP contribution in [-0.4, -0.2) is 18.9 Å². The van der Waals surface area contributed by atoms with Crippen LogP contribution in [0.25, 0.3) is 0 Å². The summed E-state index contributed by atoms with van der Waals surface area (Å²) in [6.07, 6.45) is 10.4. The highest BCUT2D eigenvalue weighted by Gasteiger charge is 2.64. The van der Waals surface area contributed by atoms with Gasteiger partial charge in [-0.1, -0.05) is 31.2 Å². The van der Waals surface area contributed by atoms with Gasteiger partial charge in [-0.2, -0.15) is 0 Å². The minimum Gasteiger partial charge on any atom is -0.228 e. The zero-order chi connectivity index (χ0) is 13.8. The number of rotatable bonds is 3. The zero-order valence-corrected chi connectivity index (χ0v) is 12.3. The van der Waals surface area contributed by atoms with Crippen molar-refractivity contribution in [2.45, 2.75) is 36.7 Å². The number of sulfone groups is 1. The molecule has 1 aliphatic heterocycles. The van der Waals surface area contributed by atoms with Crippen LogP contribution < -0.4 is 0 Å². The third-order valence-electron chi connectivity index (χ3n) is 5.64. The highest BCUT2D eigenvalue weighted by Crippen LogP contribution is 2.62. The van der Waals surface area contributed by atoms with E-state index in [2.05, 4.69) is 32.2 Å². The van der Waals surface area contributed by atoms with Gasteiger partial charge in [0.1, 0.15) is 0 Å². The van der Waals surface area contributed by atoms with Crippen molar-refractivity contribution in [3.8, 4) is 0 Å². The molecule has 3 rings (SSSR count). The first-order valence-electron chi connectivity index (χ1n) is 7.09. The van der Waals surface area contributed by atoms with Crippen LogP contribution in [0.5, 0.6) is 0 Å². The summed E-state index contributed by atoms with van der Waals surface area (Å²) in [5.41, 5.74) is -0.0560. The van der Waals surface area contributed by atoms with Crippen molar-refractivity contribution >= 4 is 9.84 Å². The molecule has 1 heterocycles. The van der Waals surface area contributed by atoms with Crippen molar-refractivity contribution in [3.63, 3.8) is 0 Å². The smallest absolute Gasteiger partial charge is 0.157 e. The third-order valence-corrected chi connectivity index (χ3v) is 8.32. The number of hydrogen-bond acceptors (Lipinski definition) is 2. The van der Waals surface area contributed by atoms with Gasteiger partial charge < -0.3 is 0 Å². The first-order chi connectivity index (χ1) is 8.95. The van der Waals surface area contributed by atoms with Crippen LogP contribution in [0.3, 0.4) is 0 Å². The molecule has 0 radical (unpaired) electrons. The van der Waals surface area contributed by atoms with Gasteiger partial charge in [0.15, 0.2) is 9.84 Å². The number of hydrogen-bond donors (Lipinski definition) is 0. The summed E-state index contributed by atoms with van der Waals surface area (Å²) in [5.74, 6) is 0.923. The maximum atomic E-state index is 12.8. The van der Waals surface area contributed by atoms with E-state index in [1.165, 1.54) is 0 Å². The van der Waals surface area contributed by atoms with E-state index >= 15 is 0 Å². The molecule has 2 aliphatic carbocycles. The van der Waals surface area contributed by atoms with Gasteiger partial charge in [-0.05, 0) is 42.4 Å². The molecule has 0 N–H and O–H groups in total. The summed E-state index contributed by atoms with van der Waals surface area (Å²) in [6, 6.07) is 0. The predicted molar refractivity (Wildman–Crippen MR) is 78.5 cm³/mol. The Morgan fingerprint density at radius 2 is 2.16 bits per heavy atom. The SMILES string of the molecule is C=CC[C@@H]1[C@@H]2[C@H]3[C@H](C=CC[C@@H]3S1(=O)=O)C[C@]2(C)C=C. The van der Waals surface area contributed by atoms with Gasteiger partial charge in [-0.15, -0.1) is 13.2 Å². The standard InChI is InChI=1S/C16H22O2S/c1-4-7-13-15-14-11(10-16(15,3)5-2)8-6-9-12(14)19(13,17)18/h4-6,8,11-15H,1-2,7,9-10H2,3H3/t11-,12+,13-,14+,15-,16+/m1/s1. The highest BCUT2D eigenvalue weighted by atomic mass is 32.2. The lowest BCUT2D eigenvalue weighted by atomic mass is 9.73. The Balaban J connectivity index is 2.15. The molecule has 0 aromatic heterocycles. The fourth-order valence-electron chi connectivity index (χ4n) is 4.85. The van der Waals surface area contributed by atoms with Crippen LogP contribution in [-0.2, 0) is 9.84 Å². The molecular formula is C16H22O2S. The van der Waals surface area contributed by atoms with E-state index in [9.17, 15) is 8.42 Å². The molecule has 3 aliphatic rings. The molecule has 1 saturated heterocycles. The molecular weight excluding hydrogens is 256 g/mol. The molecule has 0 aromatic rings. The highest BCUT2D eigenvalue weighted by molar-refractivity contribution is 7.93. The Hall–Kier alpha value is -0.830. The molecule has 6 atom stereocenters. The zero-order valence-electron chi connectivity index (χ0n) is 11.5. The molecule has 2 nitrogen and oxygen atoms in total. The van der Waals surface area contributed by atoms with Gasteiger partial charge in [0, 0.05) is 0 Å². The fraction of sp³-hybridized carbons (Fsp3) is 0.625. The predicted octanol–water partition coefficient (Wildman–Crippen LogP) is 3.13. The van der Waals surface area contributed by atoms with Gasteiger partial charge in [0.2, 0.25) is 0 Å². The van der Waals surface area contributed by atoms with Crippen molar-refractivity contribution in [2.75, 3.05) is 0 Å². The van der Waals surface area contributed by atoms with Crippen molar-refractivity contribution in [1.29, 1.82) is 0 Å². The third kappa shape index (κ3) is 1.57. The van der Waals surface area contributed by atoms with Gasteiger partial charge in [-0.25, -0.2) is 8.42 Å². The Labute approximate surface area is 116 Å². The monoisotopic (exact) mass is 278 g/mol. The molecule has 0 aromatic carbocycles. The van der Waals surface area contributed by atoms with Crippen molar-refractivity contribution < 1.29 is 8.42 Å². The minimum absolute atomic E-state index is 0.0560. The molecule has 0 unspecified atom stereocenters. The molecule has 104 valence electrons. The molecule has 2 fully saturated rings. The Morgan fingerprint density at radius 1 is 1.42 bits per heavy atom. The normalized spacial score (nSPS) is 49.8. The van der Waals surface area contributed by atoms with Crippen LogP contribution in [0, 0.1) is 23.2 Å². The summed E-state index contributed by atoms with van der Waals surface area (Å²) in [6.45, 7) is 9.93. The Morgan fingerprint density at radius 3 is 2.79 bits per heavy atom. The molecule has 1 saturated carbocycles. The van der Waals surface area contributed by atoms with E-state index in [0.29, 0.717) is 24.7 Å². The molecule has 0 amide bonds. The van der Waals surface area contributed by atoms with E-state index in [4.69, 9.17) is 0 Å². The van der Waals surface area contributed by atoms with E-state index in [-0.39, 0.29) is 21.8 Å². The Bertz CT molecular complexity index is 545. The average Bonchev–Trinajstić information content (AvgIpc) is 2.79. The van der Waals surface area contributed by atoms with Crippen LogP contribution in [0.2, 0.25) is 0 Å². The first-order valence-corrected chi connectivity index (χ1v) is 8.70. The first kappa shape index (κ1) is 13.2. The van der Waals surface area contributed by atoms with Crippen molar-refractivity contribution in [1.82, 2.24) is 0 Å². The van der Waals surface area contributed by atoms with E-state index in [1.807, 2.05) is 6.08 Å². The van der Waals surface area contributed by atoms with Crippen LogP contribution in [0.4, 0.5) is 0 Å². The summed E-state index contributed by atoms with van der Waals surface area (Å²) in [7, 11) is -3.03. The van der Waals surface area contributed by atoms with E-state index in [1.54, 1.807) is 6.08 Å². The summed E-state index contributed by atoms with van der Waals surface area (Å²) >= 11 is 0. The fourth-order valence-corrected chi connectivity index (χ4v) is 7.80. The topological polar surface area (TPSA) is 34.1 Å². The maximum Gasteiger partial charge on any atom is 0.157 e. The van der Waals surface area contributed by atoms with Gasteiger partial charge in [0.25, 0.3) is 0 Å². The van der Waals surface area contributed by atoms with Crippen molar-refractivity contribution in [3.05, 3.63) is 37.5 Å². The second-order valence-electron chi connectivity index (χ2n) is 6.54. The second kappa shape index (κ2) is 4.08. The van der Waals surface area contributed by atoms with Gasteiger partial charge in [0.05, 0.1) is 10.5 Å². The number of allylic oxidation sites excluding steroid dienone is 4. The minimum atomic E-state index is -3.03. The summed E-state index contributed by atoms with van der Waals surface area (Å²) < 4.78 is 25.6. The average molecular weight is 278 g/mol. The molecule has 3 heteroatoms. The lowest BCUT2D eigenvalue weighted by Crippen LogP contribution is -2.32. The molecule has 19 heavy (non-hydrogen) atoms. The van der Waals surface area contributed by atoms with Gasteiger partial charge >= 0.3 is 0 Å². The Kier molecular flexibility index (Phi) is 2.83. The maximum absolute atomic E-state index is 12.8.